The molecule has 1 heterocycles. The van der Waals surface area contributed by atoms with Gasteiger partial charge in [0.2, 0.25) is 5.91 Å². The molecule has 0 saturated carbocycles. The van der Waals surface area contributed by atoms with Crippen LogP contribution in [0.1, 0.15) is 49.7 Å². The summed E-state index contributed by atoms with van der Waals surface area (Å²) in [5.41, 5.74) is 4.58. The van der Waals surface area contributed by atoms with Gasteiger partial charge in [-0.2, -0.15) is 0 Å². The Labute approximate surface area is 148 Å². The van der Waals surface area contributed by atoms with Gasteiger partial charge in [0.15, 0.2) is 0 Å². The van der Waals surface area contributed by atoms with Crippen LogP contribution in [0.4, 0.5) is 0 Å². The number of benzene rings is 2. The van der Waals surface area contributed by atoms with Crippen molar-refractivity contribution in [2.75, 3.05) is 0 Å². The topological polar surface area (TPSA) is 46.9 Å². The number of aryl methyl sites for hydroxylation is 1. The number of nitrogens with one attached hydrogen (secondary N) is 1. The fourth-order valence-corrected chi connectivity index (χ4v) is 3.15. The van der Waals surface area contributed by atoms with E-state index in [-0.39, 0.29) is 11.9 Å². The van der Waals surface area contributed by atoms with Crippen LogP contribution in [-0.4, -0.2) is 15.5 Å². The van der Waals surface area contributed by atoms with Crippen LogP contribution in [0.5, 0.6) is 0 Å². The molecule has 130 valence electrons. The lowest BCUT2D eigenvalue weighted by Crippen LogP contribution is -2.28. The molecule has 1 atom stereocenters. The Balaban J connectivity index is 2.00. The summed E-state index contributed by atoms with van der Waals surface area (Å²) < 4.78 is 2.22. The highest BCUT2D eigenvalue weighted by molar-refractivity contribution is 5.78. The summed E-state index contributed by atoms with van der Waals surface area (Å²) in [5.74, 6) is 0.971. The van der Waals surface area contributed by atoms with Crippen LogP contribution in [0.15, 0.2) is 48.5 Å². The summed E-state index contributed by atoms with van der Waals surface area (Å²) in [6, 6.07) is 16.4. The first-order valence-electron chi connectivity index (χ1n) is 8.89. The van der Waals surface area contributed by atoms with Gasteiger partial charge in [-0.25, -0.2) is 4.98 Å². The Morgan fingerprint density at radius 2 is 1.88 bits per heavy atom. The Kier molecular flexibility index (Phi) is 5.17. The van der Waals surface area contributed by atoms with Crippen LogP contribution in [0.3, 0.4) is 0 Å². The van der Waals surface area contributed by atoms with E-state index in [4.69, 9.17) is 4.98 Å². The van der Waals surface area contributed by atoms with E-state index in [1.165, 1.54) is 11.1 Å². The van der Waals surface area contributed by atoms with E-state index in [2.05, 4.69) is 47.1 Å². The van der Waals surface area contributed by atoms with Crippen molar-refractivity contribution in [3.05, 3.63) is 65.5 Å². The van der Waals surface area contributed by atoms with E-state index in [1.54, 1.807) is 0 Å². The number of hydrogen-bond acceptors (Lipinski definition) is 2. The molecular weight excluding hydrogens is 310 g/mol. The molecule has 1 aromatic heterocycles. The molecule has 0 fully saturated rings. The molecule has 0 bridgehead atoms. The van der Waals surface area contributed by atoms with Crippen LogP contribution in [0.2, 0.25) is 0 Å². The number of fused-ring (bicyclic) bond motifs is 1. The highest BCUT2D eigenvalue weighted by Crippen LogP contribution is 2.23. The monoisotopic (exact) mass is 335 g/mol. The quantitative estimate of drug-likeness (QED) is 0.727. The normalized spacial score (nSPS) is 12.3. The largest absolute Gasteiger partial charge is 0.346 e. The standard InChI is InChI=1S/C21H25N3O/c1-4-9-20(25)22-16(3)21-23-18-12-7-8-13-19(18)24(21)14-17-11-6-5-10-15(17)2/h5-8,10-13,16H,4,9,14H2,1-3H3,(H,22,25)/t16-/m1/s1. The minimum atomic E-state index is -0.129. The fourth-order valence-electron chi connectivity index (χ4n) is 3.15. The molecule has 4 heteroatoms. The van der Waals surface area contributed by atoms with Crippen LogP contribution in [0.25, 0.3) is 11.0 Å². The van der Waals surface area contributed by atoms with E-state index in [9.17, 15) is 4.79 Å². The summed E-state index contributed by atoms with van der Waals surface area (Å²) in [4.78, 5) is 16.8. The van der Waals surface area contributed by atoms with Crippen molar-refractivity contribution in [2.45, 2.75) is 46.2 Å². The molecule has 0 saturated heterocycles. The van der Waals surface area contributed by atoms with E-state index >= 15 is 0 Å². The highest BCUT2D eigenvalue weighted by atomic mass is 16.1. The Morgan fingerprint density at radius 1 is 1.16 bits per heavy atom. The highest BCUT2D eigenvalue weighted by Gasteiger charge is 2.18. The number of carbonyl (C=O) groups is 1. The maximum absolute atomic E-state index is 12.0. The third kappa shape index (κ3) is 3.73. The first kappa shape index (κ1) is 17.2. The summed E-state index contributed by atoms with van der Waals surface area (Å²) in [7, 11) is 0. The second kappa shape index (κ2) is 7.51. The van der Waals surface area contributed by atoms with Gasteiger partial charge in [-0.3, -0.25) is 4.79 Å². The van der Waals surface area contributed by atoms with Gasteiger partial charge in [0.05, 0.1) is 17.1 Å². The average Bonchev–Trinajstić information content (AvgIpc) is 2.96. The van der Waals surface area contributed by atoms with Crippen molar-refractivity contribution < 1.29 is 4.79 Å². The number of nitrogens with zero attached hydrogens (tertiary/aromatic N) is 2. The molecule has 3 aromatic rings. The molecular formula is C21H25N3O. The lowest BCUT2D eigenvalue weighted by atomic mass is 10.1. The van der Waals surface area contributed by atoms with Gasteiger partial charge in [0.1, 0.15) is 5.82 Å². The number of rotatable bonds is 6. The zero-order valence-electron chi connectivity index (χ0n) is 15.1. The molecule has 3 rings (SSSR count). The van der Waals surface area contributed by atoms with Crippen molar-refractivity contribution >= 4 is 16.9 Å². The summed E-state index contributed by atoms with van der Waals surface area (Å²) >= 11 is 0. The molecule has 1 N–H and O–H groups in total. The van der Waals surface area contributed by atoms with Crippen molar-refractivity contribution in [3.63, 3.8) is 0 Å². The summed E-state index contributed by atoms with van der Waals surface area (Å²) in [6.07, 6.45) is 1.39. The van der Waals surface area contributed by atoms with Crippen LogP contribution in [-0.2, 0) is 11.3 Å². The number of carbonyl (C=O) groups excluding carboxylic acids is 1. The van der Waals surface area contributed by atoms with Crippen LogP contribution < -0.4 is 5.32 Å². The average molecular weight is 335 g/mol. The maximum Gasteiger partial charge on any atom is 0.220 e. The molecule has 1 amide bonds. The first-order chi connectivity index (χ1) is 12.1. The van der Waals surface area contributed by atoms with E-state index < -0.39 is 0 Å². The lowest BCUT2D eigenvalue weighted by Gasteiger charge is -2.17. The molecule has 0 spiro atoms. The minimum Gasteiger partial charge on any atom is -0.346 e. The van der Waals surface area contributed by atoms with Gasteiger partial charge in [0, 0.05) is 13.0 Å². The van der Waals surface area contributed by atoms with Gasteiger partial charge in [0.25, 0.3) is 0 Å². The van der Waals surface area contributed by atoms with Crippen LogP contribution >= 0.6 is 0 Å². The van der Waals surface area contributed by atoms with Crippen LogP contribution in [0, 0.1) is 6.92 Å². The second-order valence-corrected chi connectivity index (χ2v) is 6.51. The Hall–Kier alpha value is -2.62. The van der Waals surface area contributed by atoms with Gasteiger partial charge < -0.3 is 9.88 Å². The van der Waals surface area contributed by atoms with Crippen molar-refractivity contribution in [1.29, 1.82) is 0 Å². The number of imidazole rings is 1. The van der Waals surface area contributed by atoms with Gasteiger partial charge in [-0.15, -0.1) is 0 Å². The second-order valence-electron chi connectivity index (χ2n) is 6.51. The third-order valence-corrected chi connectivity index (χ3v) is 4.52. The zero-order valence-corrected chi connectivity index (χ0v) is 15.1. The molecule has 0 aliphatic carbocycles. The fraction of sp³-hybridized carbons (Fsp3) is 0.333. The first-order valence-corrected chi connectivity index (χ1v) is 8.89. The van der Waals surface area contributed by atoms with Crippen molar-refractivity contribution in [3.8, 4) is 0 Å². The smallest absolute Gasteiger partial charge is 0.220 e. The Morgan fingerprint density at radius 3 is 2.64 bits per heavy atom. The minimum absolute atomic E-state index is 0.0736. The molecule has 0 radical (unpaired) electrons. The van der Waals surface area contributed by atoms with E-state index in [0.29, 0.717) is 6.42 Å². The lowest BCUT2D eigenvalue weighted by molar-refractivity contribution is -0.121. The molecule has 0 aliphatic rings. The van der Waals surface area contributed by atoms with E-state index in [0.717, 1.165) is 29.8 Å². The number of amides is 1. The molecule has 2 aromatic carbocycles. The maximum atomic E-state index is 12.0. The van der Waals surface area contributed by atoms with Gasteiger partial charge >= 0.3 is 0 Å². The summed E-state index contributed by atoms with van der Waals surface area (Å²) in [5, 5.41) is 3.08. The Bertz CT molecular complexity index is 882. The molecule has 25 heavy (non-hydrogen) atoms. The predicted molar refractivity (Wildman–Crippen MR) is 101 cm³/mol. The third-order valence-electron chi connectivity index (χ3n) is 4.52. The van der Waals surface area contributed by atoms with Crippen molar-refractivity contribution in [2.24, 2.45) is 0 Å². The molecule has 0 aliphatic heterocycles. The van der Waals surface area contributed by atoms with Gasteiger partial charge in [-0.05, 0) is 43.5 Å². The number of para-hydroxylation sites is 2. The molecule has 4 nitrogen and oxygen atoms in total. The predicted octanol–water partition coefficient (Wildman–Crippen LogP) is 4.37. The number of hydrogen-bond donors (Lipinski definition) is 1. The number of aromatic nitrogens is 2. The van der Waals surface area contributed by atoms with E-state index in [1.807, 2.05) is 32.0 Å². The zero-order chi connectivity index (χ0) is 17.8. The van der Waals surface area contributed by atoms with Gasteiger partial charge in [-0.1, -0.05) is 43.3 Å². The van der Waals surface area contributed by atoms with Crippen molar-refractivity contribution in [1.82, 2.24) is 14.9 Å². The molecule has 0 unspecified atom stereocenters. The SMILES string of the molecule is CCCC(=O)N[C@H](C)c1nc2ccccc2n1Cc1ccccc1C. The summed E-state index contributed by atoms with van der Waals surface area (Å²) in [6.45, 7) is 6.89.